The molecule has 0 radical (unpaired) electrons. The molecule has 1 spiro atoms. The Morgan fingerprint density at radius 1 is 0.233 bits per heavy atom. The topological polar surface area (TPSA) is 3.24 Å². The lowest BCUT2D eigenvalue weighted by molar-refractivity contribution is 0.660. The van der Waals surface area contributed by atoms with Crippen molar-refractivity contribution in [1.82, 2.24) is 0 Å². The molecule has 0 bridgehead atoms. The van der Waals surface area contributed by atoms with Crippen LogP contribution in [0.15, 0.2) is 261 Å². The summed E-state index contributed by atoms with van der Waals surface area (Å²) in [5.74, 6) is 0. The minimum Gasteiger partial charge on any atom is -0.310 e. The van der Waals surface area contributed by atoms with E-state index in [1.807, 2.05) is 0 Å². The summed E-state index contributed by atoms with van der Waals surface area (Å²) in [7, 11) is 0. The van der Waals surface area contributed by atoms with E-state index in [9.17, 15) is 0 Å². The second kappa shape index (κ2) is 15.7. The smallest absolute Gasteiger partial charge is 0.0726 e. The predicted octanol–water partition coefficient (Wildman–Crippen LogP) is 19.1. The van der Waals surface area contributed by atoms with Crippen LogP contribution in [0.3, 0.4) is 0 Å². The first kappa shape index (κ1) is 41.7. The zero-order valence-corrected chi connectivity index (χ0v) is 40.8. The van der Waals surface area contributed by atoms with Gasteiger partial charge in [0.2, 0.25) is 0 Å². The second-order valence-corrected chi connectivity index (χ2v) is 20.8. The number of benzene rings is 12. The lowest BCUT2D eigenvalue weighted by Crippen LogP contribution is -2.26. The van der Waals surface area contributed by atoms with Gasteiger partial charge in [0.05, 0.1) is 5.41 Å². The van der Waals surface area contributed by atoms with Crippen LogP contribution < -0.4 is 4.90 Å². The van der Waals surface area contributed by atoms with Crippen molar-refractivity contribution in [2.24, 2.45) is 0 Å². The molecule has 0 aromatic heterocycles. The Bertz CT molecular complexity index is 4170. The fourth-order valence-electron chi connectivity index (χ4n) is 13.1. The summed E-state index contributed by atoms with van der Waals surface area (Å²) in [5.41, 5.74) is 25.9. The molecule has 0 saturated heterocycles. The molecule has 0 aliphatic heterocycles. The van der Waals surface area contributed by atoms with Crippen LogP contribution in [0.1, 0.15) is 47.2 Å². The van der Waals surface area contributed by atoms with Crippen molar-refractivity contribution < 1.29 is 0 Å². The quantitative estimate of drug-likeness (QED) is 0.161. The van der Waals surface area contributed by atoms with Gasteiger partial charge in [0.1, 0.15) is 0 Å². The minimum atomic E-state index is -0.450. The molecule has 15 rings (SSSR count). The van der Waals surface area contributed by atoms with E-state index < -0.39 is 5.41 Å². The molecule has 0 fully saturated rings. The van der Waals surface area contributed by atoms with Crippen LogP contribution in [0, 0.1) is 0 Å². The second-order valence-electron chi connectivity index (χ2n) is 20.8. The standard InChI is InChI=1S/C72H49N/c1-71(2)68-43-55(54-30-28-47-14-4-6-16-52(47)42-54)33-38-62(68)63-39-36-57(44-69(63)71)73(56-34-31-49(32-35-56)48-23-25-50(26-24-48)53-29-27-46-13-3-5-15-51(46)41-53)58-37-40-64-61-19-9-12-22-67(61)72(70(64)45-58)65-20-10-7-17-59(65)60-18-8-11-21-66(60)72/h3-45H,1-2H3. The summed E-state index contributed by atoms with van der Waals surface area (Å²) in [6.45, 7) is 4.81. The summed E-state index contributed by atoms with van der Waals surface area (Å²) < 4.78 is 0. The van der Waals surface area contributed by atoms with Gasteiger partial charge >= 0.3 is 0 Å². The van der Waals surface area contributed by atoms with Crippen LogP contribution in [0.25, 0.3) is 88.3 Å². The van der Waals surface area contributed by atoms with E-state index >= 15 is 0 Å². The Morgan fingerprint density at radius 3 is 1.10 bits per heavy atom. The van der Waals surface area contributed by atoms with Crippen molar-refractivity contribution in [3.63, 3.8) is 0 Å². The Kier molecular flexibility index (Phi) is 8.99. The van der Waals surface area contributed by atoms with Gasteiger partial charge in [0, 0.05) is 22.5 Å². The highest BCUT2D eigenvalue weighted by molar-refractivity contribution is 5.97. The van der Waals surface area contributed by atoms with Gasteiger partial charge in [-0.3, -0.25) is 0 Å². The van der Waals surface area contributed by atoms with Crippen molar-refractivity contribution in [3.05, 3.63) is 294 Å². The van der Waals surface area contributed by atoms with Gasteiger partial charge in [0.15, 0.2) is 0 Å². The van der Waals surface area contributed by atoms with E-state index in [0.717, 1.165) is 17.1 Å². The van der Waals surface area contributed by atoms with Gasteiger partial charge in [-0.15, -0.1) is 0 Å². The highest BCUT2D eigenvalue weighted by Gasteiger charge is 2.51. The van der Waals surface area contributed by atoms with Crippen molar-refractivity contribution >= 4 is 38.6 Å². The van der Waals surface area contributed by atoms with Gasteiger partial charge in [-0.2, -0.15) is 0 Å². The zero-order valence-electron chi connectivity index (χ0n) is 40.8. The molecule has 0 saturated carbocycles. The van der Waals surface area contributed by atoms with Crippen LogP contribution in [-0.4, -0.2) is 0 Å². The monoisotopic (exact) mass is 927 g/mol. The van der Waals surface area contributed by atoms with E-state index in [1.54, 1.807) is 0 Å². The van der Waals surface area contributed by atoms with Crippen LogP contribution in [0.4, 0.5) is 17.1 Å². The predicted molar refractivity (Wildman–Crippen MR) is 306 cm³/mol. The van der Waals surface area contributed by atoms with Crippen LogP contribution in [-0.2, 0) is 10.8 Å². The number of anilines is 3. The first-order valence-corrected chi connectivity index (χ1v) is 25.6. The maximum absolute atomic E-state index is 2.51. The van der Waals surface area contributed by atoms with Crippen LogP contribution in [0.5, 0.6) is 0 Å². The molecule has 1 nitrogen and oxygen atoms in total. The zero-order chi connectivity index (χ0) is 48.4. The van der Waals surface area contributed by atoms with Crippen molar-refractivity contribution in [2.75, 3.05) is 4.90 Å². The summed E-state index contributed by atoms with van der Waals surface area (Å²) in [5, 5.41) is 5.04. The lowest BCUT2D eigenvalue weighted by atomic mass is 9.70. The van der Waals surface area contributed by atoms with Gasteiger partial charge in [-0.1, -0.05) is 220 Å². The van der Waals surface area contributed by atoms with E-state index in [4.69, 9.17) is 0 Å². The molecule has 3 aliphatic carbocycles. The van der Waals surface area contributed by atoms with Gasteiger partial charge in [-0.25, -0.2) is 0 Å². The number of fused-ring (bicyclic) bond motifs is 15. The largest absolute Gasteiger partial charge is 0.310 e. The summed E-state index contributed by atoms with van der Waals surface area (Å²) in [6, 6.07) is 97.9. The molecule has 12 aromatic rings. The molecule has 12 aromatic carbocycles. The molecule has 0 atom stereocenters. The Labute approximate surface area is 427 Å². The van der Waals surface area contributed by atoms with E-state index in [0.29, 0.717) is 0 Å². The molecule has 0 heterocycles. The van der Waals surface area contributed by atoms with Crippen LogP contribution >= 0.6 is 0 Å². The number of nitrogens with zero attached hydrogens (tertiary/aromatic N) is 1. The van der Waals surface area contributed by atoms with Crippen LogP contribution in [0.2, 0.25) is 0 Å². The SMILES string of the molecule is CC1(C)c2cc(-c3ccc4ccccc4c3)ccc2-c2ccc(N(c3ccc(-c4ccc(-c5ccc6ccccc6c5)cc4)cc3)c3ccc4c(c3)C3(c5ccccc5-c5ccccc53)c3ccccc3-4)cc21. The average Bonchev–Trinajstić information content (AvgIpc) is 4.01. The normalized spacial score (nSPS) is 13.8. The van der Waals surface area contributed by atoms with Crippen molar-refractivity contribution in [3.8, 4) is 66.8 Å². The molecule has 1 heteroatoms. The fraction of sp³-hybridized carbons (Fsp3) is 0.0556. The number of hydrogen-bond acceptors (Lipinski definition) is 1. The summed E-state index contributed by atoms with van der Waals surface area (Å²) in [6.07, 6.45) is 0. The Morgan fingerprint density at radius 2 is 0.562 bits per heavy atom. The Hall–Kier alpha value is -9.04. The average molecular weight is 928 g/mol. The van der Waals surface area contributed by atoms with Gasteiger partial charge < -0.3 is 4.90 Å². The lowest BCUT2D eigenvalue weighted by Gasteiger charge is -2.32. The summed E-state index contributed by atoms with van der Waals surface area (Å²) >= 11 is 0. The number of rotatable bonds is 6. The third-order valence-electron chi connectivity index (χ3n) is 16.7. The van der Waals surface area contributed by atoms with Crippen molar-refractivity contribution in [1.29, 1.82) is 0 Å². The fourth-order valence-corrected chi connectivity index (χ4v) is 13.1. The highest BCUT2D eigenvalue weighted by Crippen LogP contribution is 2.63. The highest BCUT2D eigenvalue weighted by atomic mass is 15.1. The van der Waals surface area contributed by atoms with Gasteiger partial charge in [-0.05, 0) is 176 Å². The van der Waals surface area contributed by atoms with Crippen molar-refractivity contribution in [2.45, 2.75) is 24.7 Å². The van der Waals surface area contributed by atoms with E-state index in [1.165, 1.54) is 122 Å². The molecule has 342 valence electrons. The summed E-state index contributed by atoms with van der Waals surface area (Å²) in [4.78, 5) is 2.50. The van der Waals surface area contributed by atoms with E-state index in [2.05, 4.69) is 280 Å². The first-order chi connectivity index (χ1) is 35.9. The Balaban J connectivity index is 0.866. The molecule has 73 heavy (non-hydrogen) atoms. The van der Waals surface area contributed by atoms with E-state index in [-0.39, 0.29) is 5.41 Å². The van der Waals surface area contributed by atoms with Gasteiger partial charge in [0.25, 0.3) is 0 Å². The maximum atomic E-state index is 2.51. The first-order valence-electron chi connectivity index (χ1n) is 25.6. The minimum absolute atomic E-state index is 0.233. The molecule has 0 unspecified atom stereocenters. The maximum Gasteiger partial charge on any atom is 0.0726 e. The molecule has 0 N–H and O–H groups in total. The molecular formula is C72H49N. The third-order valence-corrected chi connectivity index (χ3v) is 16.7. The molecule has 0 amide bonds. The third kappa shape index (κ3) is 6.16. The molecule has 3 aliphatic rings. The molecular weight excluding hydrogens is 879 g/mol. The number of hydrogen-bond donors (Lipinski definition) is 0.